The van der Waals surface area contributed by atoms with E-state index in [1.54, 1.807) is 0 Å². The third-order valence-corrected chi connectivity index (χ3v) is 3.47. The molecule has 0 aromatic heterocycles. The number of carbonyl (C=O) groups is 3. The van der Waals surface area contributed by atoms with Gasteiger partial charge in [-0.3, -0.25) is 14.4 Å². The smallest absolute Gasteiger partial charge is 1.00 e. The second kappa shape index (κ2) is 14.9. The van der Waals surface area contributed by atoms with Crippen molar-refractivity contribution in [2.75, 3.05) is 19.8 Å². The van der Waals surface area contributed by atoms with Crippen LogP contribution in [0.2, 0.25) is 0 Å². The van der Waals surface area contributed by atoms with Gasteiger partial charge in [-0.05, 0) is 31.1 Å². The van der Waals surface area contributed by atoms with E-state index in [1.807, 2.05) is 6.92 Å². The molecule has 3 heterocycles. The Balaban J connectivity index is -0.000000282. The molecule has 3 aliphatic rings. The molecule has 0 aromatic rings. The van der Waals surface area contributed by atoms with Crippen molar-refractivity contribution in [2.24, 2.45) is 11.8 Å². The van der Waals surface area contributed by atoms with E-state index in [4.69, 9.17) is 9.47 Å². The van der Waals surface area contributed by atoms with Crippen molar-refractivity contribution in [2.45, 2.75) is 52.4 Å². The molecule has 131 valence electrons. The Bertz CT molecular complexity index is 369. The standard InChI is InChI=1S/C6H8O3.C6H10O2.C4H8O.B.Na.H/c1-4-2-5(7)9-6(8)3-4;1-5-2-3-8-6(7)4-5;1-2-4-5-3-1;;;/h4H,2-3H2,1H3;5H,2-4H2,1H3;1-4H2;;;/q;;;;+1;-1. The van der Waals surface area contributed by atoms with Crippen LogP contribution in [0.15, 0.2) is 0 Å². The van der Waals surface area contributed by atoms with Crippen molar-refractivity contribution in [3.8, 4) is 0 Å². The van der Waals surface area contributed by atoms with E-state index in [0.717, 1.165) is 19.6 Å². The third-order valence-electron chi connectivity index (χ3n) is 3.47. The van der Waals surface area contributed by atoms with E-state index < -0.39 is 11.9 Å². The van der Waals surface area contributed by atoms with E-state index >= 15 is 0 Å². The molecule has 1 atom stereocenters. The molecule has 0 saturated carbocycles. The molecule has 0 amide bonds. The Morgan fingerprint density at radius 2 is 1.33 bits per heavy atom. The van der Waals surface area contributed by atoms with Crippen LogP contribution in [-0.2, 0) is 28.6 Å². The normalized spacial score (nSPS) is 23.1. The molecule has 0 spiro atoms. The molecule has 1 unspecified atom stereocenters. The molecule has 0 aromatic carbocycles. The maximum atomic E-state index is 10.5. The molecule has 6 nitrogen and oxygen atoms in total. The first-order valence-corrected chi connectivity index (χ1v) is 7.94. The average molecular weight is 349 g/mol. The second-order valence-corrected chi connectivity index (χ2v) is 6.00. The van der Waals surface area contributed by atoms with Crippen LogP contribution < -0.4 is 29.6 Å². The molecule has 3 aliphatic heterocycles. The van der Waals surface area contributed by atoms with Crippen LogP contribution in [0.5, 0.6) is 0 Å². The third kappa shape index (κ3) is 13.0. The fraction of sp³-hybridized carbons (Fsp3) is 0.812. The van der Waals surface area contributed by atoms with Gasteiger partial charge in [-0.2, -0.15) is 0 Å². The number of ether oxygens (including phenoxy) is 3. The fourth-order valence-corrected chi connectivity index (χ4v) is 2.18. The van der Waals surface area contributed by atoms with E-state index in [9.17, 15) is 14.4 Å². The zero-order valence-corrected chi connectivity index (χ0v) is 17.0. The van der Waals surface area contributed by atoms with Crippen molar-refractivity contribution in [1.82, 2.24) is 0 Å². The first kappa shape index (κ1) is 25.9. The summed E-state index contributed by atoms with van der Waals surface area (Å²) in [6.07, 6.45) is 4.96. The van der Waals surface area contributed by atoms with Gasteiger partial charge in [-0.1, -0.05) is 13.8 Å². The molecule has 3 rings (SSSR count). The van der Waals surface area contributed by atoms with Crippen molar-refractivity contribution >= 4 is 26.3 Å². The Labute approximate surface area is 169 Å². The summed E-state index contributed by atoms with van der Waals surface area (Å²) in [4.78, 5) is 31.3. The van der Waals surface area contributed by atoms with Gasteiger partial charge < -0.3 is 15.6 Å². The molecule has 3 fully saturated rings. The summed E-state index contributed by atoms with van der Waals surface area (Å²) in [6, 6.07) is 0. The number of cyclic esters (lactones) is 3. The minimum atomic E-state index is -0.390. The Morgan fingerprint density at radius 1 is 0.833 bits per heavy atom. The monoisotopic (exact) mass is 349 g/mol. The zero-order chi connectivity index (χ0) is 16.4. The average Bonchev–Trinajstić information content (AvgIpc) is 2.96. The van der Waals surface area contributed by atoms with E-state index in [1.165, 1.54) is 12.8 Å². The number of hydrogen-bond acceptors (Lipinski definition) is 6. The van der Waals surface area contributed by atoms with Gasteiger partial charge >= 0.3 is 47.5 Å². The Hall–Kier alpha value is -0.365. The van der Waals surface area contributed by atoms with Gasteiger partial charge in [0.15, 0.2) is 0 Å². The molecule has 24 heavy (non-hydrogen) atoms. The molecule has 8 heteroatoms. The van der Waals surface area contributed by atoms with E-state index in [-0.39, 0.29) is 51.3 Å². The van der Waals surface area contributed by atoms with Crippen LogP contribution in [0.3, 0.4) is 0 Å². The molecular formula is C16H27BNaO6. The van der Waals surface area contributed by atoms with Crippen molar-refractivity contribution < 1.29 is 59.6 Å². The number of esters is 3. The first-order valence-electron chi connectivity index (χ1n) is 7.94. The van der Waals surface area contributed by atoms with Crippen LogP contribution in [0.1, 0.15) is 53.8 Å². The Morgan fingerprint density at radius 3 is 1.62 bits per heavy atom. The van der Waals surface area contributed by atoms with Gasteiger partial charge in [-0.15, -0.1) is 0 Å². The number of rotatable bonds is 0. The van der Waals surface area contributed by atoms with Crippen LogP contribution in [0.25, 0.3) is 0 Å². The summed E-state index contributed by atoms with van der Waals surface area (Å²) < 4.78 is 13.9. The topological polar surface area (TPSA) is 78.9 Å². The molecule has 3 radical (unpaired) electrons. The molecule has 0 N–H and O–H groups in total. The molecule has 0 aliphatic carbocycles. The second-order valence-electron chi connectivity index (χ2n) is 6.00. The van der Waals surface area contributed by atoms with Crippen molar-refractivity contribution in [3.63, 3.8) is 0 Å². The maximum Gasteiger partial charge on any atom is 1.00 e. The van der Waals surface area contributed by atoms with E-state index in [2.05, 4.69) is 11.7 Å². The van der Waals surface area contributed by atoms with Crippen LogP contribution in [-0.4, -0.2) is 46.1 Å². The quantitative estimate of drug-likeness (QED) is 0.316. The summed E-state index contributed by atoms with van der Waals surface area (Å²) in [5.41, 5.74) is 0. The summed E-state index contributed by atoms with van der Waals surface area (Å²) in [6.45, 7) is 6.55. The summed E-state index contributed by atoms with van der Waals surface area (Å²) in [5, 5.41) is 0. The Kier molecular flexibility index (Phi) is 16.1. The maximum absolute atomic E-state index is 10.5. The predicted molar refractivity (Wildman–Crippen MR) is 85.8 cm³/mol. The largest absolute Gasteiger partial charge is 1.00 e. The summed E-state index contributed by atoms with van der Waals surface area (Å²) in [7, 11) is 0. The van der Waals surface area contributed by atoms with Crippen molar-refractivity contribution in [1.29, 1.82) is 0 Å². The van der Waals surface area contributed by atoms with Gasteiger partial charge in [0.05, 0.1) is 6.61 Å². The summed E-state index contributed by atoms with van der Waals surface area (Å²) >= 11 is 0. The van der Waals surface area contributed by atoms with Gasteiger partial charge in [-0.25, -0.2) is 0 Å². The van der Waals surface area contributed by atoms with Gasteiger partial charge in [0, 0.05) is 40.9 Å². The summed E-state index contributed by atoms with van der Waals surface area (Å²) in [5.74, 6) is -0.115. The predicted octanol–water partition coefficient (Wildman–Crippen LogP) is -1.02. The SMILES string of the molecule is C1CCOC1.CC1CC(=O)OC(=O)C1.CC1CCOC(=O)C1.[B].[H-].[Na+]. The number of carbonyl (C=O) groups excluding carboxylic acids is 3. The number of hydrogen-bond donors (Lipinski definition) is 0. The minimum absolute atomic E-state index is 0. The van der Waals surface area contributed by atoms with Crippen LogP contribution in [0.4, 0.5) is 0 Å². The molecular weight excluding hydrogens is 322 g/mol. The van der Waals surface area contributed by atoms with Gasteiger partial charge in [0.1, 0.15) is 0 Å². The first-order chi connectivity index (χ1) is 10.5. The van der Waals surface area contributed by atoms with Crippen LogP contribution in [0, 0.1) is 11.8 Å². The minimum Gasteiger partial charge on any atom is -1.00 e. The van der Waals surface area contributed by atoms with Crippen LogP contribution >= 0.6 is 0 Å². The molecule has 0 bridgehead atoms. The fourth-order valence-electron chi connectivity index (χ4n) is 2.18. The van der Waals surface area contributed by atoms with Gasteiger partial charge in [0.2, 0.25) is 0 Å². The van der Waals surface area contributed by atoms with Crippen molar-refractivity contribution in [3.05, 3.63) is 0 Å². The zero-order valence-electron chi connectivity index (χ0n) is 16.0. The van der Waals surface area contributed by atoms with Gasteiger partial charge in [0.25, 0.3) is 0 Å². The molecule has 3 saturated heterocycles. The van der Waals surface area contributed by atoms with E-state index in [0.29, 0.717) is 31.8 Å².